The van der Waals surface area contributed by atoms with E-state index in [4.69, 9.17) is 4.74 Å². The number of carbonyl (C=O) groups is 1. The van der Waals surface area contributed by atoms with Crippen molar-refractivity contribution >= 4 is 5.97 Å². The maximum absolute atomic E-state index is 11.7. The molecule has 3 nitrogen and oxygen atoms in total. The van der Waals surface area contributed by atoms with Gasteiger partial charge < -0.3 is 4.74 Å². The predicted molar refractivity (Wildman–Crippen MR) is 68.5 cm³/mol. The monoisotopic (exact) mass is 233 g/mol. The molecule has 0 heterocycles. The SMILES string of the molecule is C=CCC(C)(NCc1ccccc1)C(=O)OC. The molecule has 17 heavy (non-hydrogen) atoms. The Morgan fingerprint density at radius 1 is 1.47 bits per heavy atom. The van der Waals surface area contributed by atoms with E-state index in [0.717, 1.165) is 5.56 Å². The van der Waals surface area contributed by atoms with Crippen molar-refractivity contribution in [2.45, 2.75) is 25.4 Å². The molecule has 0 amide bonds. The molecule has 1 rings (SSSR count). The molecule has 0 saturated heterocycles. The highest BCUT2D eigenvalue weighted by atomic mass is 16.5. The molecule has 0 fully saturated rings. The van der Waals surface area contributed by atoms with Gasteiger partial charge in [-0.25, -0.2) is 0 Å². The van der Waals surface area contributed by atoms with Crippen molar-refractivity contribution in [2.24, 2.45) is 0 Å². The first-order chi connectivity index (χ1) is 8.12. The molecule has 92 valence electrons. The number of hydrogen-bond donors (Lipinski definition) is 1. The summed E-state index contributed by atoms with van der Waals surface area (Å²) < 4.78 is 4.81. The first-order valence-corrected chi connectivity index (χ1v) is 5.60. The number of methoxy groups -OCH3 is 1. The van der Waals surface area contributed by atoms with Crippen LogP contribution in [0.3, 0.4) is 0 Å². The van der Waals surface area contributed by atoms with Gasteiger partial charge in [0.1, 0.15) is 5.54 Å². The van der Waals surface area contributed by atoms with E-state index in [1.54, 1.807) is 6.08 Å². The highest BCUT2D eigenvalue weighted by Gasteiger charge is 2.32. The molecule has 0 saturated carbocycles. The summed E-state index contributed by atoms with van der Waals surface area (Å²) in [7, 11) is 1.40. The Morgan fingerprint density at radius 3 is 2.65 bits per heavy atom. The first kappa shape index (κ1) is 13.5. The van der Waals surface area contributed by atoms with Crippen molar-refractivity contribution in [3.05, 3.63) is 48.6 Å². The fraction of sp³-hybridized carbons (Fsp3) is 0.357. The second-order valence-electron chi connectivity index (χ2n) is 4.16. The summed E-state index contributed by atoms with van der Waals surface area (Å²) >= 11 is 0. The Kier molecular flexibility index (Phi) is 4.91. The van der Waals surface area contributed by atoms with E-state index in [0.29, 0.717) is 13.0 Å². The molecule has 1 N–H and O–H groups in total. The van der Waals surface area contributed by atoms with Gasteiger partial charge in [-0.1, -0.05) is 36.4 Å². The topological polar surface area (TPSA) is 38.3 Å². The molecule has 0 spiro atoms. The van der Waals surface area contributed by atoms with E-state index in [1.165, 1.54) is 7.11 Å². The molecule has 0 bridgehead atoms. The van der Waals surface area contributed by atoms with Gasteiger partial charge in [0.05, 0.1) is 7.11 Å². The van der Waals surface area contributed by atoms with E-state index in [-0.39, 0.29) is 5.97 Å². The Hall–Kier alpha value is -1.61. The Balaban J connectivity index is 2.68. The molecular weight excluding hydrogens is 214 g/mol. The third kappa shape index (κ3) is 3.71. The van der Waals surface area contributed by atoms with Crippen LogP contribution in [0.25, 0.3) is 0 Å². The Morgan fingerprint density at radius 2 is 2.12 bits per heavy atom. The minimum atomic E-state index is -0.716. The van der Waals surface area contributed by atoms with Crippen molar-refractivity contribution in [2.75, 3.05) is 7.11 Å². The van der Waals surface area contributed by atoms with Crippen LogP contribution in [0.4, 0.5) is 0 Å². The summed E-state index contributed by atoms with van der Waals surface area (Å²) in [4.78, 5) is 11.7. The molecular formula is C14H19NO2. The number of carbonyl (C=O) groups excluding carboxylic acids is 1. The van der Waals surface area contributed by atoms with Crippen molar-refractivity contribution in [1.29, 1.82) is 0 Å². The fourth-order valence-electron chi connectivity index (χ4n) is 1.63. The van der Waals surface area contributed by atoms with E-state index in [2.05, 4.69) is 11.9 Å². The lowest BCUT2D eigenvalue weighted by Crippen LogP contribution is -2.49. The number of rotatable bonds is 6. The quantitative estimate of drug-likeness (QED) is 0.605. The third-order valence-corrected chi connectivity index (χ3v) is 2.71. The van der Waals surface area contributed by atoms with Gasteiger partial charge in [0.2, 0.25) is 0 Å². The zero-order valence-corrected chi connectivity index (χ0v) is 10.4. The summed E-state index contributed by atoms with van der Waals surface area (Å²) in [5.41, 5.74) is 0.415. The van der Waals surface area contributed by atoms with Crippen LogP contribution in [-0.2, 0) is 16.1 Å². The molecule has 0 aliphatic carbocycles. The van der Waals surface area contributed by atoms with Crippen LogP contribution >= 0.6 is 0 Å². The molecule has 1 atom stereocenters. The number of hydrogen-bond acceptors (Lipinski definition) is 3. The van der Waals surface area contributed by atoms with Gasteiger partial charge in [-0.05, 0) is 18.9 Å². The van der Waals surface area contributed by atoms with Crippen LogP contribution in [0.15, 0.2) is 43.0 Å². The highest BCUT2D eigenvalue weighted by molar-refractivity contribution is 5.80. The third-order valence-electron chi connectivity index (χ3n) is 2.71. The van der Waals surface area contributed by atoms with Crippen LogP contribution in [0.2, 0.25) is 0 Å². The molecule has 0 aromatic heterocycles. The van der Waals surface area contributed by atoms with Gasteiger partial charge in [-0.2, -0.15) is 0 Å². The van der Waals surface area contributed by atoms with Crippen LogP contribution in [0.1, 0.15) is 18.9 Å². The van der Waals surface area contributed by atoms with Crippen molar-refractivity contribution < 1.29 is 9.53 Å². The number of nitrogens with one attached hydrogen (secondary N) is 1. The van der Waals surface area contributed by atoms with Gasteiger partial charge in [0.15, 0.2) is 0 Å². The number of benzene rings is 1. The first-order valence-electron chi connectivity index (χ1n) is 5.60. The average molecular weight is 233 g/mol. The summed E-state index contributed by atoms with van der Waals surface area (Å²) in [6, 6.07) is 9.93. The largest absolute Gasteiger partial charge is 0.468 e. The number of ether oxygens (including phenoxy) is 1. The predicted octanol–water partition coefficient (Wildman–Crippen LogP) is 2.28. The zero-order valence-electron chi connectivity index (χ0n) is 10.4. The Labute approximate surface area is 102 Å². The normalized spacial score (nSPS) is 13.8. The van der Waals surface area contributed by atoms with Crippen molar-refractivity contribution in [1.82, 2.24) is 5.32 Å². The van der Waals surface area contributed by atoms with E-state index < -0.39 is 5.54 Å². The molecule has 0 aliphatic heterocycles. The lowest BCUT2D eigenvalue weighted by Gasteiger charge is -2.26. The summed E-state index contributed by atoms with van der Waals surface area (Å²) in [5.74, 6) is -0.270. The molecule has 1 unspecified atom stereocenters. The standard InChI is InChI=1S/C14H19NO2/c1-4-10-14(2,13(16)17-3)15-11-12-8-6-5-7-9-12/h4-9,15H,1,10-11H2,2-3H3. The lowest BCUT2D eigenvalue weighted by atomic mass is 9.97. The summed E-state index contributed by atoms with van der Waals surface area (Å²) in [5, 5.41) is 3.22. The minimum Gasteiger partial charge on any atom is -0.468 e. The lowest BCUT2D eigenvalue weighted by molar-refractivity contribution is -0.147. The molecule has 1 aromatic rings. The van der Waals surface area contributed by atoms with Gasteiger partial charge >= 0.3 is 5.97 Å². The van der Waals surface area contributed by atoms with Crippen LogP contribution < -0.4 is 5.32 Å². The second-order valence-corrected chi connectivity index (χ2v) is 4.16. The van der Waals surface area contributed by atoms with E-state index >= 15 is 0 Å². The van der Waals surface area contributed by atoms with Gasteiger partial charge in [-0.15, -0.1) is 6.58 Å². The second kappa shape index (κ2) is 6.21. The highest BCUT2D eigenvalue weighted by Crippen LogP contribution is 2.13. The summed E-state index contributed by atoms with van der Waals surface area (Å²) in [6.45, 7) is 6.12. The van der Waals surface area contributed by atoms with Gasteiger partial charge in [-0.3, -0.25) is 10.1 Å². The average Bonchev–Trinajstić information content (AvgIpc) is 2.37. The van der Waals surface area contributed by atoms with Gasteiger partial charge in [0.25, 0.3) is 0 Å². The van der Waals surface area contributed by atoms with Crippen molar-refractivity contribution in [3.8, 4) is 0 Å². The minimum absolute atomic E-state index is 0.270. The molecule has 0 aliphatic rings. The fourth-order valence-corrected chi connectivity index (χ4v) is 1.63. The zero-order chi connectivity index (χ0) is 12.7. The van der Waals surface area contributed by atoms with Crippen LogP contribution in [0, 0.1) is 0 Å². The summed E-state index contributed by atoms with van der Waals surface area (Å²) in [6.07, 6.45) is 2.25. The van der Waals surface area contributed by atoms with E-state index in [1.807, 2.05) is 37.3 Å². The molecule has 0 radical (unpaired) electrons. The maximum atomic E-state index is 11.7. The maximum Gasteiger partial charge on any atom is 0.326 e. The molecule has 1 aromatic carbocycles. The number of esters is 1. The molecule has 3 heteroatoms. The smallest absolute Gasteiger partial charge is 0.326 e. The Bertz CT molecular complexity index is 375. The van der Waals surface area contributed by atoms with E-state index in [9.17, 15) is 4.79 Å². The van der Waals surface area contributed by atoms with Crippen molar-refractivity contribution in [3.63, 3.8) is 0 Å². The van der Waals surface area contributed by atoms with Crippen LogP contribution in [0.5, 0.6) is 0 Å². The van der Waals surface area contributed by atoms with Crippen LogP contribution in [-0.4, -0.2) is 18.6 Å². The van der Waals surface area contributed by atoms with Gasteiger partial charge in [0, 0.05) is 6.54 Å².